The lowest BCUT2D eigenvalue weighted by molar-refractivity contribution is 0.640. The lowest BCUT2D eigenvalue weighted by Gasteiger charge is -2.04. The van der Waals surface area contributed by atoms with Gasteiger partial charge in [-0.25, -0.2) is 9.97 Å². The van der Waals surface area contributed by atoms with Crippen LogP contribution in [0, 0.1) is 5.92 Å². The first-order valence-electron chi connectivity index (χ1n) is 5.41. The smallest absolute Gasteiger partial charge is 0.177 e. The van der Waals surface area contributed by atoms with Crippen molar-refractivity contribution in [1.82, 2.24) is 20.3 Å². The first-order valence-corrected chi connectivity index (χ1v) is 5.41. The van der Waals surface area contributed by atoms with Gasteiger partial charge in [0, 0.05) is 12.7 Å². The second-order valence-electron chi connectivity index (χ2n) is 4.15. The molecule has 1 fully saturated rings. The molecule has 1 saturated carbocycles. The molecule has 4 heteroatoms. The molecule has 2 aromatic heterocycles. The van der Waals surface area contributed by atoms with Crippen molar-refractivity contribution in [3.8, 4) is 0 Å². The summed E-state index contributed by atoms with van der Waals surface area (Å²) in [6.45, 7) is 2.04. The van der Waals surface area contributed by atoms with E-state index in [9.17, 15) is 0 Å². The molecule has 0 saturated heterocycles. The van der Waals surface area contributed by atoms with Gasteiger partial charge in [-0.05, 0) is 36.9 Å². The Hall–Kier alpha value is -1.42. The molecular formula is C11H14N4. The minimum atomic E-state index is 0.806. The van der Waals surface area contributed by atoms with E-state index < -0.39 is 0 Å². The summed E-state index contributed by atoms with van der Waals surface area (Å²) >= 11 is 0. The maximum atomic E-state index is 4.19. The third-order valence-corrected chi connectivity index (χ3v) is 2.86. The molecule has 78 valence electrons. The third-order valence-electron chi connectivity index (χ3n) is 2.86. The van der Waals surface area contributed by atoms with Gasteiger partial charge < -0.3 is 10.3 Å². The molecule has 3 rings (SSSR count). The Morgan fingerprint density at radius 3 is 3.20 bits per heavy atom. The van der Waals surface area contributed by atoms with Crippen molar-refractivity contribution in [1.29, 1.82) is 0 Å². The molecule has 1 aliphatic rings. The highest BCUT2D eigenvalue weighted by atomic mass is 15.0. The fourth-order valence-corrected chi connectivity index (χ4v) is 1.78. The number of rotatable bonds is 4. The van der Waals surface area contributed by atoms with Gasteiger partial charge in [0.1, 0.15) is 0 Å². The van der Waals surface area contributed by atoms with Crippen molar-refractivity contribution < 1.29 is 0 Å². The standard InChI is InChI=1S/C11H14N4/c1-2-8(1)5-12-6-9-3-4-13-11-10(9)14-7-15-11/h3-4,7-8,12H,1-2,5-6H2,(H,13,14,15). The molecule has 0 unspecified atom stereocenters. The fourth-order valence-electron chi connectivity index (χ4n) is 1.78. The molecule has 0 bridgehead atoms. The summed E-state index contributed by atoms with van der Waals surface area (Å²) < 4.78 is 0. The van der Waals surface area contributed by atoms with Crippen LogP contribution in [0.15, 0.2) is 18.6 Å². The van der Waals surface area contributed by atoms with Gasteiger partial charge in [0.2, 0.25) is 0 Å². The number of fused-ring (bicyclic) bond motifs is 1. The molecule has 1 aliphatic carbocycles. The van der Waals surface area contributed by atoms with Crippen LogP contribution >= 0.6 is 0 Å². The van der Waals surface area contributed by atoms with E-state index in [4.69, 9.17) is 0 Å². The molecule has 0 aliphatic heterocycles. The summed E-state index contributed by atoms with van der Waals surface area (Å²) in [7, 11) is 0. The second-order valence-corrected chi connectivity index (χ2v) is 4.15. The van der Waals surface area contributed by atoms with E-state index in [1.165, 1.54) is 18.4 Å². The van der Waals surface area contributed by atoms with Crippen LogP contribution in [-0.4, -0.2) is 21.5 Å². The van der Waals surface area contributed by atoms with Crippen molar-refractivity contribution in [2.45, 2.75) is 19.4 Å². The first-order chi connectivity index (χ1) is 7.43. The van der Waals surface area contributed by atoms with Crippen LogP contribution in [-0.2, 0) is 6.54 Å². The Morgan fingerprint density at radius 2 is 2.33 bits per heavy atom. The fraction of sp³-hybridized carbons (Fsp3) is 0.455. The van der Waals surface area contributed by atoms with Crippen LogP contribution in [0.5, 0.6) is 0 Å². The summed E-state index contributed by atoms with van der Waals surface area (Å²) in [5, 5.41) is 3.47. The third kappa shape index (κ3) is 1.85. The Labute approximate surface area is 88.1 Å². The maximum Gasteiger partial charge on any atom is 0.177 e. The molecule has 0 aromatic carbocycles. The topological polar surface area (TPSA) is 53.6 Å². The van der Waals surface area contributed by atoms with Crippen molar-refractivity contribution in [2.75, 3.05) is 6.54 Å². The molecule has 15 heavy (non-hydrogen) atoms. The number of H-pyrrole nitrogens is 1. The van der Waals surface area contributed by atoms with Gasteiger partial charge in [0.05, 0.1) is 11.8 Å². The second kappa shape index (κ2) is 3.62. The number of imidazole rings is 1. The predicted molar refractivity (Wildman–Crippen MR) is 58.3 cm³/mol. The van der Waals surface area contributed by atoms with E-state index in [1.54, 1.807) is 6.33 Å². The summed E-state index contributed by atoms with van der Waals surface area (Å²) in [5.74, 6) is 0.920. The normalized spacial score (nSPS) is 16.0. The minimum Gasteiger partial charge on any atom is -0.343 e. The molecule has 0 radical (unpaired) electrons. The van der Waals surface area contributed by atoms with E-state index >= 15 is 0 Å². The van der Waals surface area contributed by atoms with Crippen LogP contribution in [0.25, 0.3) is 11.2 Å². The molecular weight excluding hydrogens is 188 g/mol. The zero-order valence-electron chi connectivity index (χ0n) is 8.53. The number of nitrogens with one attached hydrogen (secondary N) is 2. The van der Waals surface area contributed by atoms with Gasteiger partial charge in [-0.15, -0.1) is 0 Å². The molecule has 2 heterocycles. The Balaban J connectivity index is 1.74. The maximum absolute atomic E-state index is 4.19. The van der Waals surface area contributed by atoms with Crippen LogP contribution in [0.4, 0.5) is 0 Å². The van der Waals surface area contributed by atoms with Gasteiger partial charge in [-0.3, -0.25) is 0 Å². The minimum absolute atomic E-state index is 0.806. The highest BCUT2D eigenvalue weighted by molar-refractivity contribution is 5.73. The van der Waals surface area contributed by atoms with Gasteiger partial charge >= 0.3 is 0 Å². The van der Waals surface area contributed by atoms with Crippen molar-refractivity contribution in [3.63, 3.8) is 0 Å². The van der Waals surface area contributed by atoms with Gasteiger partial charge in [0.15, 0.2) is 5.65 Å². The molecule has 0 amide bonds. The van der Waals surface area contributed by atoms with Crippen LogP contribution < -0.4 is 5.32 Å². The number of aromatic nitrogens is 3. The van der Waals surface area contributed by atoms with Gasteiger partial charge in [-0.2, -0.15) is 0 Å². The van der Waals surface area contributed by atoms with Crippen LogP contribution in [0.3, 0.4) is 0 Å². The average Bonchev–Trinajstić information content (AvgIpc) is 2.95. The van der Waals surface area contributed by atoms with Crippen LogP contribution in [0.1, 0.15) is 18.4 Å². The molecule has 2 aromatic rings. The Bertz CT molecular complexity index is 458. The van der Waals surface area contributed by atoms with Crippen LogP contribution in [0.2, 0.25) is 0 Å². The van der Waals surface area contributed by atoms with Crippen molar-refractivity contribution >= 4 is 11.2 Å². The van der Waals surface area contributed by atoms with Crippen molar-refractivity contribution in [2.24, 2.45) is 5.92 Å². The van der Waals surface area contributed by atoms with E-state index in [-0.39, 0.29) is 0 Å². The number of pyridine rings is 1. The summed E-state index contributed by atoms with van der Waals surface area (Å²) in [4.78, 5) is 11.5. The lowest BCUT2D eigenvalue weighted by Crippen LogP contribution is -2.16. The van der Waals surface area contributed by atoms with Gasteiger partial charge in [-0.1, -0.05) is 0 Å². The van der Waals surface area contributed by atoms with Crippen molar-refractivity contribution in [3.05, 3.63) is 24.2 Å². The highest BCUT2D eigenvalue weighted by Crippen LogP contribution is 2.27. The average molecular weight is 202 g/mol. The van der Waals surface area contributed by atoms with E-state index in [0.29, 0.717) is 0 Å². The molecule has 4 nitrogen and oxygen atoms in total. The van der Waals surface area contributed by atoms with Gasteiger partial charge in [0.25, 0.3) is 0 Å². The largest absolute Gasteiger partial charge is 0.343 e. The number of hydrogen-bond acceptors (Lipinski definition) is 3. The lowest BCUT2D eigenvalue weighted by atomic mass is 10.2. The summed E-state index contributed by atoms with van der Waals surface area (Å²) in [6.07, 6.45) is 6.30. The summed E-state index contributed by atoms with van der Waals surface area (Å²) in [6, 6.07) is 2.04. The quantitative estimate of drug-likeness (QED) is 0.789. The Morgan fingerprint density at radius 1 is 1.40 bits per heavy atom. The number of nitrogens with zero attached hydrogens (tertiary/aromatic N) is 2. The molecule has 0 atom stereocenters. The zero-order valence-corrected chi connectivity index (χ0v) is 8.53. The Kier molecular flexibility index (Phi) is 2.14. The predicted octanol–water partition coefficient (Wildman–Crippen LogP) is 1.46. The SMILES string of the molecule is c1cc(CNCC2CC2)c2[nH]cnc2n1. The number of hydrogen-bond donors (Lipinski definition) is 2. The van der Waals surface area contributed by atoms with E-state index in [0.717, 1.165) is 30.2 Å². The summed E-state index contributed by atoms with van der Waals surface area (Å²) in [5.41, 5.74) is 3.11. The first kappa shape index (κ1) is 8.85. The van der Waals surface area contributed by atoms with E-state index in [1.807, 2.05) is 12.3 Å². The zero-order chi connectivity index (χ0) is 10.1. The van der Waals surface area contributed by atoms with E-state index in [2.05, 4.69) is 20.3 Å². The molecule has 2 N–H and O–H groups in total. The monoisotopic (exact) mass is 202 g/mol. The highest BCUT2D eigenvalue weighted by Gasteiger charge is 2.20. The molecule has 0 spiro atoms. The number of aromatic amines is 1.